The molecule has 3 rings (SSSR count). The number of fused-ring (bicyclic) bond motifs is 1. The largest absolute Gasteiger partial charge is 0.477 e. The molecule has 3 heteroatoms. The quantitative estimate of drug-likeness (QED) is 0.766. The van der Waals surface area contributed by atoms with Gasteiger partial charge < -0.3 is 4.74 Å². The lowest BCUT2D eigenvalue weighted by molar-refractivity contribution is -0.105. The minimum Gasteiger partial charge on any atom is -0.477 e. The van der Waals surface area contributed by atoms with Crippen LogP contribution in [0.4, 0.5) is 4.39 Å². The number of halogens is 1. The summed E-state index contributed by atoms with van der Waals surface area (Å²) in [5, 5.41) is 0. The Hall–Kier alpha value is -2.42. The van der Waals surface area contributed by atoms with Gasteiger partial charge in [0.15, 0.2) is 17.7 Å². The minimum atomic E-state index is -0.553. The predicted octanol–water partition coefficient (Wildman–Crippen LogP) is 3.54. The fourth-order valence-corrected chi connectivity index (χ4v) is 2.19. The van der Waals surface area contributed by atoms with Gasteiger partial charge in [0.1, 0.15) is 6.29 Å². The summed E-state index contributed by atoms with van der Waals surface area (Å²) in [7, 11) is 0. The van der Waals surface area contributed by atoms with Crippen LogP contribution in [-0.2, 0) is 4.79 Å². The van der Waals surface area contributed by atoms with Crippen LogP contribution in [0.5, 0.6) is 5.75 Å². The van der Waals surface area contributed by atoms with Crippen LogP contribution in [0.1, 0.15) is 17.2 Å². The molecule has 0 spiro atoms. The Balaban J connectivity index is 2.10. The van der Waals surface area contributed by atoms with Crippen molar-refractivity contribution in [1.82, 2.24) is 0 Å². The van der Waals surface area contributed by atoms with E-state index in [4.69, 9.17) is 4.74 Å². The first kappa shape index (κ1) is 11.7. The summed E-state index contributed by atoms with van der Waals surface area (Å²) < 4.78 is 19.4. The summed E-state index contributed by atoms with van der Waals surface area (Å²) in [6, 6.07) is 14.0. The molecule has 1 aliphatic rings. The van der Waals surface area contributed by atoms with Gasteiger partial charge in [0.2, 0.25) is 0 Å². The van der Waals surface area contributed by atoms with Gasteiger partial charge in [-0.15, -0.1) is 0 Å². The number of carbonyl (C=O) groups excluding carboxylic acids is 1. The van der Waals surface area contributed by atoms with E-state index >= 15 is 0 Å². The lowest BCUT2D eigenvalue weighted by Crippen LogP contribution is -2.16. The summed E-state index contributed by atoms with van der Waals surface area (Å²) in [5.41, 5.74) is 1.91. The van der Waals surface area contributed by atoms with E-state index in [1.807, 2.05) is 30.3 Å². The highest BCUT2D eigenvalue weighted by molar-refractivity contribution is 5.86. The molecule has 1 aliphatic heterocycles. The Morgan fingerprint density at radius 1 is 1.05 bits per heavy atom. The summed E-state index contributed by atoms with van der Waals surface area (Å²) in [4.78, 5) is 11.2. The van der Waals surface area contributed by atoms with E-state index in [2.05, 4.69) is 0 Å². The molecule has 0 unspecified atom stereocenters. The number of carbonyl (C=O) groups is 1. The third kappa shape index (κ3) is 2.03. The highest BCUT2D eigenvalue weighted by Gasteiger charge is 2.25. The zero-order valence-electron chi connectivity index (χ0n) is 10.0. The smallest absolute Gasteiger partial charge is 0.165 e. The predicted molar refractivity (Wildman–Crippen MR) is 70.3 cm³/mol. The second kappa shape index (κ2) is 4.69. The number of hydrogen-bond donors (Lipinski definition) is 0. The zero-order chi connectivity index (χ0) is 13.2. The molecule has 0 saturated heterocycles. The number of benzene rings is 2. The van der Waals surface area contributed by atoms with Gasteiger partial charge in [-0.1, -0.05) is 42.5 Å². The third-order valence-corrected chi connectivity index (χ3v) is 3.10. The molecule has 2 aromatic carbocycles. The van der Waals surface area contributed by atoms with E-state index in [1.165, 1.54) is 6.07 Å². The number of hydrogen-bond acceptors (Lipinski definition) is 2. The van der Waals surface area contributed by atoms with Crippen molar-refractivity contribution in [2.75, 3.05) is 0 Å². The van der Waals surface area contributed by atoms with Crippen LogP contribution in [0.25, 0.3) is 6.08 Å². The van der Waals surface area contributed by atoms with Crippen molar-refractivity contribution in [2.24, 2.45) is 0 Å². The van der Waals surface area contributed by atoms with Gasteiger partial charge in [0.05, 0.1) is 0 Å². The molecule has 0 bridgehead atoms. The number of ether oxygens (including phenoxy) is 1. The Bertz CT molecular complexity index is 647. The van der Waals surface area contributed by atoms with Gasteiger partial charge >= 0.3 is 0 Å². The lowest BCUT2D eigenvalue weighted by atomic mass is 9.97. The average molecular weight is 254 g/mol. The number of rotatable bonds is 2. The maximum absolute atomic E-state index is 13.7. The van der Waals surface area contributed by atoms with Crippen LogP contribution in [0.2, 0.25) is 0 Å². The molecule has 1 heterocycles. The molecule has 19 heavy (non-hydrogen) atoms. The van der Waals surface area contributed by atoms with Crippen molar-refractivity contribution in [3.8, 4) is 5.75 Å². The first-order chi connectivity index (χ1) is 9.29. The average Bonchev–Trinajstić information content (AvgIpc) is 2.47. The summed E-state index contributed by atoms with van der Waals surface area (Å²) >= 11 is 0. The van der Waals surface area contributed by atoms with Crippen molar-refractivity contribution in [3.05, 3.63) is 71.0 Å². The first-order valence-electron chi connectivity index (χ1n) is 5.96. The second-order valence-electron chi connectivity index (χ2n) is 4.33. The highest BCUT2D eigenvalue weighted by atomic mass is 19.1. The molecule has 0 fully saturated rings. The summed E-state index contributed by atoms with van der Waals surface area (Å²) in [5.74, 6) is -0.221. The molecule has 0 amide bonds. The van der Waals surface area contributed by atoms with Gasteiger partial charge in [0, 0.05) is 11.1 Å². The summed E-state index contributed by atoms with van der Waals surface area (Å²) in [6.07, 6.45) is 1.88. The van der Waals surface area contributed by atoms with Crippen LogP contribution in [0, 0.1) is 5.82 Å². The molecule has 94 valence electrons. The van der Waals surface area contributed by atoms with Crippen molar-refractivity contribution in [3.63, 3.8) is 0 Å². The van der Waals surface area contributed by atoms with Crippen molar-refractivity contribution >= 4 is 12.4 Å². The Morgan fingerprint density at radius 2 is 1.84 bits per heavy atom. The van der Waals surface area contributed by atoms with Crippen LogP contribution in [-0.4, -0.2) is 6.29 Å². The molecule has 2 nitrogen and oxygen atoms in total. The first-order valence-corrected chi connectivity index (χ1v) is 5.96. The zero-order valence-corrected chi connectivity index (χ0v) is 10.0. The Labute approximate surface area is 110 Å². The van der Waals surface area contributed by atoms with E-state index in [9.17, 15) is 9.18 Å². The fraction of sp³-hybridized carbons (Fsp3) is 0.0625. The van der Waals surface area contributed by atoms with Crippen LogP contribution in [0.3, 0.4) is 0 Å². The molecule has 0 aromatic heterocycles. The van der Waals surface area contributed by atoms with Crippen LogP contribution in [0.15, 0.2) is 54.1 Å². The topological polar surface area (TPSA) is 26.3 Å². The normalized spacial score (nSPS) is 17.1. The molecular formula is C16H11FO2. The molecule has 0 aliphatic carbocycles. The van der Waals surface area contributed by atoms with E-state index < -0.39 is 11.9 Å². The minimum absolute atomic E-state index is 0.196. The Morgan fingerprint density at radius 3 is 2.58 bits per heavy atom. The van der Waals surface area contributed by atoms with Crippen molar-refractivity contribution < 1.29 is 13.9 Å². The van der Waals surface area contributed by atoms with E-state index in [1.54, 1.807) is 18.2 Å². The maximum Gasteiger partial charge on any atom is 0.165 e. The second-order valence-corrected chi connectivity index (χ2v) is 4.33. The molecule has 0 saturated carbocycles. The van der Waals surface area contributed by atoms with Crippen molar-refractivity contribution in [2.45, 2.75) is 6.10 Å². The lowest BCUT2D eigenvalue weighted by Gasteiger charge is -2.25. The number of para-hydroxylation sites is 1. The van der Waals surface area contributed by atoms with Gasteiger partial charge in [-0.25, -0.2) is 4.39 Å². The van der Waals surface area contributed by atoms with Gasteiger partial charge in [-0.2, -0.15) is 0 Å². The van der Waals surface area contributed by atoms with Gasteiger partial charge in [-0.3, -0.25) is 4.79 Å². The van der Waals surface area contributed by atoms with E-state index in [0.717, 1.165) is 11.8 Å². The highest BCUT2D eigenvalue weighted by Crippen LogP contribution is 2.37. The Kier molecular flexibility index (Phi) is 2.88. The van der Waals surface area contributed by atoms with Crippen molar-refractivity contribution in [1.29, 1.82) is 0 Å². The van der Waals surface area contributed by atoms with Gasteiger partial charge in [0.25, 0.3) is 0 Å². The molecule has 0 radical (unpaired) electrons. The monoisotopic (exact) mass is 254 g/mol. The molecular weight excluding hydrogens is 243 g/mol. The molecule has 2 aromatic rings. The SMILES string of the molecule is O=CC1=Cc2cccc(F)c2O[C@@H]1c1ccccc1. The van der Waals surface area contributed by atoms with E-state index in [0.29, 0.717) is 11.1 Å². The molecule has 1 atom stereocenters. The fourth-order valence-electron chi connectivity index (χ4n) is 2.19. The van der Waals surface area contributed by atoms with Gasteiger partial charge in [-0.05, 0) is 17.7 Å². The van der Waals surface area contributed by atoms with Crippen LogP contribution < -0.4 is 4.74 Å². The number of aldehydes is 1. The van der Waals surface area contributed by atoms with Crippen LogP contribution >= 0.6 is 0 Å². The standard InChI is InChI=1S/C16H11FO2/c17-14-8-4-7-12-9-13(10-18)15(19-16(12)14)11-5-2-1-3-6-11/h1-10,15H/t15-/m1/s1. The van der Waals surface area contributed by atoms with E-state index in [-0.39, 0.29) is 5.75 Å². The molecule has 0 N–H and O–H groups in total. The maximum atomic E-state index is 13.7. The summed E-state index contributed by atoms with van der Waals surface area (Å²) in [6.45, 7) is 0. The third-order valence-electron chi connectivity index (χ3n) is 3.10.